The van der Waals surface area contributed by atoms with Crippen molar-refractivity contribution in [2.45, 2.75) is 25.9 Å². The van der Waals surface area contributed by atoms with Gasteiger partial charge in [0.25, 0.3) is 0 Å². The minimum atomic E-state index is -4.53. The third-order valence-electron chi connectivity index (χ3n) is 3.76. The first-order valence-electron chi connectivity index (χ1n) is 7.23. The van der Waals surface area contributed by atoms with Crippen LogP contribution in [0.15, 0.2) is 29.1 Å². The number of aryl methyl sites for hydroxylation is 1. The maximum Gasteiger partial charge on any atom is 0.417 e. The van der Waals surface area contributed by atoms with Gasteiger partial charge < -0.3 is 9.88 Å². The lowest BCUT2D eigenvalue weighted by atomic mass is 10.0. The van der Waals surface area contributed by atoms with Gasteiger partial charge in [-0.05, 0) is 50.7 Å². The van der Waals surface area contributed by atoms with Crippen molar-refractivity contribution >= 4 is 10.9 Å². The molecule has 2 rings (SSSR count). The molecule has 0 bridgehead atoms. The average molecular weight is 312 g/mol. The zero-order valence-corrected chi connectivity index (χ0v) is 12.6. The minimum Gasteiger partial charge on any atom is -0.322 e. The largest absolute Gasteiger partial charge is 0.417 e. The Balaban J connectivity index is 2.33. The van der Waals surface area contributed by atoms with E-state index in [1.165, 1.54) is 6.07 Å². The lowest BCUT2D eigenvalue weighted by Gasteiger charge is -2.14. The normalized spacial score (nSPS) is 12.3. The number of pyridine rings is 1. The summed E-state index contributed by atoms with van der Waals surface area (Å²) in [6.45, 7) is 3.89. The van der Waals surface area contributed by atoms with Crippen molar-refractivity contribution in [3.8, 4) is 0 Å². The first-order valence-corrected chi connectivity index (χ1v) is 7.23. The molecule has 120 valence electrons. The summed E-state index contributed by atoms with van der Waals surface area (Å²) in [6, 6.07) is 5.46. The number of halogens is 3. The zero-order chi connectivity index (χ0) is 16.3. The molecule has 0 aliphatic heterocycles. The molecule has 1 N–H and O–H groups in total. The van der Waals surface area contributed by atoms with Crippen molar-refractivity contribution < 1.29 is 13.2 Å². The highest BCUT2D eigenvalue weighted by molar-refractivity contribution is 5.83. The topological polar surface area (TPSA) is 36.1 Å². The van der Waals surface area contributed by atoms with E-state index in [-0.39, 0.29) is 10.9 Å². The monoisotopic (exact) mass is 312 g/mol. The number of nitrogens with one attached hydrogen (secondary N) is 1. The molecule has 0 spiro atoms. The molecule has 0 amide bonds. The Hall–Kier alpha value is -1.82. The van der Waals surface area contributed by atoms with Crippen molar-refractivity contribution in [3.05, 3.63) is 45.7 Å². The number of benzene rings is 1. The lowest BCUT2D eigenvalue weighted by molar-refractivity contribution is -0.136. The molecule has 0 unspecified atom stereocenters. The Morgan fingerprint density at radius 1 is 1.23 bits per heavy atom. The van der Waals surface area contributed by atoms with Crippen molar-refractivity contribution in [1.82, 2.24) is 9.88 Å². The van der Waals surface area contributed by atoms with Crippen molar-refractivity contribution in [2.75, 3.05) is 20.1 Å². The second kappa shape index (κ2) is 6.52. The van der Waals surface area contributed by atoms with Crippen LogP contribution in [0.1, 0.15) is 24.5 Å². The number of aromatic nitrogens is 1. The summed E-state index contributed by atoms with van der Waals surface area (Å²) in [6.07, 6.45) is -2.95. The van der Waals surface area contributed by atoms with Gasteiger partial charge in [0, 0.05) is 17.0 Å². The molecule has 1 aromatic carbocycles. The molecule has 1 aromatic heterocycles. The molecule has 0 aliphatic rings. The van der Waals surface area contributed by atoms with Gasteiger partial charge in [-0.25, -0.2) is 0 Å². The number of alkyl halides is 3. The van der Waals surface area contributed by atoms with Crippen LogP contribution in [0.2, 0.25) is 0 Å². The summed E-state index contributed by atoms with van der Waals surface area (Å²) in [7, 11) is 2.01. The summed E-state index contributed by atoms with van der Waals surface area (Å²) in [5.41, 5.74) is -0.556. The molecule has 0 aliphatic carbocycles. The number of rotatable bonds is 5. The summed E-state index contributed by atoms with van der Waals surface area (Å²) in [4.78, 5) is 16.0. The lowest BCUT2D eigenvalue weighted by Crippen LogP contribution is -2.19. The van der Waals surface area contributed by atoms with Crippen molar-refractivity contribution in [2.24, 2.45) is 0 Å². The van der Waals surface area contributed by atoms with E-state index < -0.39 is 17.3 Å². The molecule has 2 aromatic rings. The Bertz CT molecular complexity index is 707. The fourth-order valence-corrected chi connectivity index (χ4v) is 2.40. The molecular formula is C16H19F3N2O. The predicted octanol–water partition coefficient (Wildman–Crippen LogP) is 3.43. The van der Waals surface area contributed by atoms with E-state index in [4.69, 9.17) is 0 Å². The van der Waals surface area contributed by atoms with Crippen LogP contribution in [0.3, 0.4) is 0 Å². The van der Waals surface area contributed by atoms with E-state index >= 15 is 0 Å². The molecular weight excluding hydrogens is 293 g/mol. The summed E-state index contributed by atoms with van der Waals surface area (Å²) in [5.74, 6) is 0. The summed E-state index contributed by atoms with van der Waals surface area (Å²) in [5, 5.41) is 0.0495. The van der Waals surface area contributed by atoms with Gasteiger partial charge in [0.15, 0.2) is 0 Å². The fourth-order valence-electron chi connectivity index (χ4n) is 2.40. The van der Waals surface area contributed by atoms with Gasteiger partial charge in [0.2, 0.25) is 5.56 Å². The Morgan fingerprint density at radius 3 is 2.59 bits per heavy atom. The van der Waals surface area contributed by atoms with Crippen LogP contribution in [0.25, 0.3) is 10.9 Å². The van der Waals surface area contributed by atoms with E-state index in [0.29, 0.717) is 12.5 Å². The molecule has 6 heteroatoms. The van der Waals surface area contributed by atoms with Gasteiger partial charge in [-0.2, -0.15) is 13.2 Å². The summed E-state index contributed by atoms with van der Waals surface area (Å²) >= 11 is 0. The van der Waals surface area contributed by atoms with Gasteiger partial charge in [-0.15, -0.1) is 0 Å². The highest BCUT2D eigenvalue weighted by Gasteiger charge is 2.33. The number of hydrogen-bond donors (Lipinski definition) is 1. The molecule has 0 saturated heterocycles. The van der Waals surface area contributed by atoms with E-state index in [1.807, 2.05) is 7.05 Å². The first kappa shape index (κ1) is 16.5. The van der Waals surface area contributed by atoms with Gasteiger partial charge in [-0.3, -0.25) is 4.79 Å². The highest BCUT2D eigenvalue weighted by Crippen LogP contribution is 2.33. The van der Waals surface area contributed by atoms with Crippen LogP contribution in [-0.4, -0.2) is 30.0 Å². The second-order valence-corrected chi connectivity index (χ2v) is 5.42. The quantitative estimate of drug-likeness (QED) is 0.918. The maximum absolute atomic E-state index is 13.1. The molecule has 0 atom stereocenters. The van der Waals surface area contributed by atoms with Crippen LogP contribution >= 0.6 is 0 Å². The predicted molar refractivity (Wildman–Crippen MR) is 81.1 cm³/mol. The Kier molecular flexibility index (Phi) is 4.90. The van der Waals surface area contributed by atoms with E-state index in [0.717, 1.165) is 25.1 Å². The molecule has 0 fully saturated rings. The van der Waals surface area contributed by atoms with Crippen LogP contribution in [0, 0.1) is 0 Å². The molecule has 22 heavy (non-hydrogen) atoms. The third-order valence-corrected chi connectivity index (χ3v) is 3.76. The second-order valence-electron chi connectivity index (χ2n) is 5.42. The van der Waals surface area contributed by atoms with Gasteiger partial charge in [0.1, 0.15) is 0 Å². The fraction of sp³-hybridized carbons (Fsp3) is 0.438. The minimum absolute atomic E-state index is 0.0495. The van der Waals surface area contributed by atoms with Gasteiger partial charge in [0.05, 0.1) is 5.56 Å². The number of hydrogen-bond acceptors (Lipinski definition) is 2. The van der Waals surface area contributed by atoms with Crippen molar-refractivity contribution in [1.29, 1.82) is 0 Å². The summed E-state index contributed by atoms with van der Waals surface area (Å²) < 4.78 is 39.2. The van der Waals surface area contributed by atoms with Crippen LogP contribution < -0.4 is 5.56 Å². The zero-order valence-electron chi connectivity index (χ0n) is 12.6. The van der Waals surface area contributed by atoms with E-state index in [1.54, 1.807) is 12.1 Å². The van der Waals surface area contributed by atoms with Gasteiger partial charge in [-0.1, -0.05) is 13.0 Å². The number of aromatic amines is 1. The maximum atomic E-state index is 13.1. The number of fused-ring (bicyclic) bond motifs is 1. The first-order chi connectivity index (χ1) is 10.3. The van der Waals surface area contributed by atoms with Crippen LogP contribution in [0.5, 0.6) is 0 Å². The van der Waals surface area contributed by atoms with Crippen LogP contribution in [0.4, 0.5) is 13.2 Å². The Labute approximate surface area is 126 Å². The third kappa shape index (κ3) is 3.88. The molecule has 1 heterocycles. The van der Waals surface area contributed by atoms with Crippen LogP contribution in [-0.2, 0) is 12.6 Å². The molecule has 3 nitrogen and oxygen atoms in total. The molecule has 0 radical (unpaired) electrons. The molecule has 0 saturated carbocycles. The Morgan fingerprint density at radius 2 is 1.95 bits per heavy atom. The smallest absolute Gasteiger partial charge is 0.322 e. The van der Waals surface area contributed by atoms with Crippen molar-refractivity contribution in [3.63, 3.8) is 0 Å². The van der Waals surface area contributed by atoms with E-state index in [2.05, 4.69) is 16.8 Å². The number of H-pyrrole nitrogens is 1. The van der Waals surface area contributed by atoms with Gasteiger partial charge >= 0.3 is 6.18 Å². The number of nitrogens with zero attached hydrogens (tertiary/aromatic N) is 1. The van der Waals surface area contributed by atoms with E-state index in [9.17, 15) is 18.0 Å². The highest BCUT2D eigenvalue weighted by atomic mass is 19.4. The standard InChI is InChI=1S/C16H19F3N2O/c1-3-21(2)8-4-5-11-6-7-14-12(9-11)13(16(17,18)19)10-15(22)20-14/h6-7,9-10H,3-5,8H2,1-2H3,(H,20,22). The average Bonchev–Trinajstić information content (AvgIpc) is 2.45. The SMILES string of the molecule is CCN(C)CCCc1ccc2[nH]c(=O)cc(C(F)(F)F)c2c1.